The van der Waals surface area contributed by atoms with E-state index in [0.29, 0.717) is 57.1 Å². The van der Waals surface area contributed by atoms with Gasteiger partial charge in [0.05, 0.1) is 34.0 Å². The van der Waals surface area contributed by atoms with Crippen molar-refractivity contribution < 1.29 is 47.5 Å². The summed E-state index contributed by atoms with van der Waals surface area (Å²) >= 11 is 0. The molecule has 0 aromatic heterocycles. The quantitative estimate of drug-likeness (QED) is 0.0672. The summed E-state index contributed by atoms with van der Waals surface area (Å²) in [7, 11) is 6.21. The van der Waals surface area contributed by atoms with E-state index < -0.39 is 0 Å². The highest BCUT2D eigenvalue weighted by molar-refractivity contribution is 5.81. The summed E-state index contributed by atoms with van der Waals surface area (Å²) in [5, 5.41) is 0. The number of carbonyl (C=O) groups is 2. The van der Waals surface area contributed by atoms with Gasteiger partial charge in [0, 0.05) is 11.6 Å². The van der Waals surface area contributed by atoms with Crippen molar-refractivity contribution in [1.82, 2.24) is 0 Å². The van der Waals surface area contributed by atoms with Crippen molar-refractivity contribution in [2.75, 3.05) is 54.9 Å². The molecule has 0 unspecified atom stereocenters. The predicted octanol–water partition coefficient (Wildman–Crippen LogP) is 6.59. The Bertz CT molecular complexity index is 1720. The van der Waals surface area contributed by atoms with E-state index in [4.69, 9.17) is 37.9 Å². The van der Waals surface area contributed by atoms with E-state index in [0.717, 1.165) is 23.7 Å². The Morgan fingerprint density at radius 1 is 0.468 bits per heavy atom. The van der Waals surface area contributed by atoms with Crippen molar-refractivity contribution in [3.8, 4) is 46.0 Å². The molecule has 0 radical (unpaired) electrons. The van der Waals surface area contributed by atoms with Gasteiger partial charge in [-0.25, -0.2) is 0 Å². The molecule has 0 N–H and O–H groups in total. The fourth-order valence-electron chi connectivity index (χ4n) is 4.38. The third-order valence-corrected chi connectivity index (χ3v) is 6.74. The first-order valence-electron chi connectivity index (χ1n) is 14.6. The van der Waals surface area contributed by atoms with Gasteiger partial charge in [-0.1, -0.05) is 12.1 Å². The zero-order valence-electron chi connectivity index (χ0n) is 26.6. The molecule has 0 spiro atoms. The predicted molar refractivity (Wildman–Crippen MR) is 177 cm³/mol. The average molecular weight is 641 g/mol. The molecule has 4 rings (SSSR count). The van der Waals surface area contributed by atoms with E-state index in [1.54, 1.807) is 88.1 Å². The first-order valence-corrected chi connectivity index (χ1v) is 14.6. The molecule has 10 heteroatoms. The third-order valence-electron chi connectivity index (χ3n) is 6.74. The van der Waals surface area contributed by atoms with Gasteiger partial charge in [-0.15, -0.1) is 5.73 Å². The molecule has 47 heavy (non-hydrogen) atoms. The van der Waals surface area contributed by atoms with Crippen LogP contribution >= 0.6 is 0 Å². The lowest BCUT2D eigenvalue weighted by molar-refractivity contribution is 0.111. The Balaban J connectivity index is 1.30. The van der Waals surface area contributed by atoms with Crippen LogP contribution in [0.5, 0.6) is 46.0 Å². The van der Waals surface area contributed by atoms with Crippen LogP contribution in [0.15, 0.2) is 78.5 Å². The van der Waals surface area contributed by atoms with Crippen LogP contribution in [0, 0.1) is 0 Å². The molecule has 244 valence electrons. The minimum atomic E-state index is 0.227. The molecule has 0 aliphatic carbocycles. The lowest BCUT2D eigenvalue weighted by atomic mass is 10.1. The van der Waals surface area contributed by atoms with Gasteiger partial charge in [0.2, 0.25) is 0 Å². The summed E-state index contributed by atoms with van der Waals surface area (Å²) in [6, 6.07) is 21.0. The summed E-state index contributed by atoms with van der Waals surface area (Å²) in [5.74, 6) is 4.31. The molecule has 4 aromatic rings. The molecular formula is C37H36O10. The molecule has 10 nitrogen and oxygen atoms in total. The highest BCUT2D eigenvalue weighted by atomic mass is 16.6. The number of benzene rings is 4. The maximum Gasteiger partial charge on any atom is 0.164 e. The fraction of sp³-hybridized carbons (Fsp3) is 0.216. The lowest BCUT2D eigenvalue weighted by Crippen LogP contribution is -2.10. The van der Waals surface area contributed by atoms with Crippen LogP contribution in [0.1, 0.15) is 31.8 Å². The van der Waals surface area contributed by atoms with Crippen LogP contribution in [-0.4, -0.2) is 67.4 Å². The largest absolute Gasteiger partial charge is 0.497 e. The van der Waals surface area contributed by atoms with E-state index in [2.05, 4.69) is 5.73 Å². The van der Waals surface area contributed by atoms with Crippen molar-refractivity contribution in [2.24, 2.45) is 0 Å². The third kappa shape index (κ3) is 9.56. The lowest BCUT2D eigenvalue weighted by Gasteiger charge is -2.13. The minimum Gasteiger partial charge on any atom is -0.497 e. The van der Waals surface area contributed by atoms with Gasteiger partial charge in [-0.05, 0) is 77.9 Å². The molecule has 0 heterocycles. The number of hydrogen-bond acceptors (Lipinski definition) is 10. The van der Waals surface area contributed by atoms with Crippen molar-refractivity contribution >= 4 is 24.7 Å². The van der Waals surface area contributed by atoms with Crippen molar-refractivity contribution in [2.45, 2.75) is 0 Å². The van der Waals surface area contributed by atoms with Crippen molar-refractivity contribution in [3.63, 3.8) is 0 Å². The molecule has 0 aliphatic heterocycles. The Hall–Kier alpha value is -5.86. The first-order chi connectivity index (χ1) is 23.0. The molecular weight excluding hydrogens is 604 g/mol. The minimum absolute atomic E-state index is 0.227. The summed E-state index contributed by atoms with van der Waals surface area (Å²) < 4.78 is 44.5. The highest BCUT2D eigenvalue weighted by Crippen LogP contribution is 2.32. The Labute approximate surface area is 273 Å². The normalized spacial score (nSPS) is 10.1. The Morgan fingerprint density at radius 3 is 1.43 bits per heavy atom. The molecule has 4 aromatic carbocycles. The number of carbonyl (C=O) groups excluding carboxylic acids is 2. The summed E-state index contributed by atoms with van der Waals surface area (Å²) in [6.45, 7) is 0.987. The van der Waals surface area contributed by atoms with Crippen LogP contribution in [0.3, 0.4) is 0 Å². The van der Waals surface area contributed by atoms with Gasteiger partial charge >= 0.3 is 0 Å². The molecule has 0 atom stereocenters. The topological polar surface area (TPSA) is 108 Å². The molecule has 0 aliphatic rings. The second-order valence-electron chi connectivity index (χ2n) is 9.72. The van der Waals surface area contributed by atoms with E-state index >= 15 is 0 Å². The van der Waals surface area contributed by atoms with E-state index in [9.17, 15) is 9.59 Å². The fourth-order valence-corrected chi connectivity index (χ4v) is 4.38. The van der Waals surface area contributed by atoms with Crippen LogP contribution in [-0.2, 0) is 0 Å². The van der Waals surface area contributed by atoms with E-state index in [1.807, 2.05) is 18.2 Å². The van der Waals surface area contributed by atoms with Gasteiger partial charge < -0.3 is 37.9 Å². The zero-order valence-corrected chi connectivity index (χ0v) is 26.6. The summed E-state index contributed by atoms with van der Waals surface area (Å²) in [4.78, 5) is 22.7. The SMILES string of the molecule is COc1ccc(OCCOc2ccc(C=C=Cc3ccc(OCCOc4ccc(C=O)cc4OC)c(OC)c3)cc2C=O)c(OC)c1. The molecule has 0 saturated carbocycles. The van der Waals surface area contributed by atoms with Crippen LogP contribution in [0.2, 0.25) is 0 Å². The standard InChI is InChI=1S/C37H36O10/c1-40-30-11-15-34(37(23-30)43-4)47-17-16-44-31-12-8-26(20-29(31)25-39)6-5-7-27-9-13-32(35(21-27)41-2)45-18-19-46-33-14-10-28(24-38)22-36(33)42-3/h6-15,20-25H,16-19H2,1-4H3. The smallest absolute Gasteiger partial charge is 0.164 e. The zero-order chi connectivity index (χ0) is 33.4. The summed E-state index contributed by atoms with van der Waals surface area (Å²) in [6.07, 6.45) is 5.05. The van der Waals surface area contributed by atoms with Gasteiger partial charge in [0.25, 0.3) is 0 Å². The Kier molecular flexibility index (Phi) is 12.7. The van der Waals surface area contributed by atoms with E-state index in [-0.39, 0.29) is 26.4 Å². The number of aldehydes is 2. The average Bonchev–Trinajstić information content (AvgIpc) is 3.12. The molecule has 0 bridgehead atoms. The Morgan fingerprint density at radius 2 is 0.915 bits per heavy atom. The van der Waals surface area contributed by atoms with Crippen LogP contribution in [0.4, 0.5) is 0 Å². The number of hydrogen-bond donors (Lipinski definition) is 0. The van der Waals surface area contributed by atoms with Crippen LogP contribution in [0.25, 0.3) is 12.2 Å². The summed E-state index contributed by atoms with van der Waals surface area (Å²) in [5.41, 5.74) is 5.66. The second-order valence-corrected chi connectivity index (χ2v) is 9.72. The number of ether oxygens (including phenoxy) is 8. The second kappa shape index (κ2) is 17.6. The van der Waals surface area contributed by atoms with Crippen molar-refractivity contribution in [3.05, 3.63) is 101 Å². The van der Waals surface area contributed by atoms with Gasteiger partial charge in [0.1, 0.15) is 44.2 Å². The van der Waals surface area contributed by atoms with Crippen LogP contribution < -0.4 is 37.9 Å². The maximum atomic E-state index is 11.8. The van der Waals surface area contributed by atoms with Gasteiger partial charge in [0.15, 0.2) is 40.8 Å². The van der Waals surface area contributed by atoms with E-state index in [1.165, 1.54) is 7.11 Å². The molecule has 0 fully saturated rings. The first kappa shape index (κ1) is 34.0. The highest BCUT2D eigenvalue weighted by Gasteiger charge is 2.10. The van der Waals surface area contributed by atoms with Crippen molar-refractivity contribution in [1.29, 1.82) is 0 Å². The monoisotopic (exact) mass is 640 g/mol. The van der Waals surface area contributed by atoms with Gasteiger partial charge in [-0.3, -0.25) is 9.59 Å². The maximum absolute atomic E-state index is 11.8. The molecule has 0 amide bonds. The molecule has 0 saturated heterocycles. The van der Waals surface area contributed by atoms with Gasteiger partial charge in [-0.2, -0.15) is 0 Å². The number of methoxy groups -OCH3 is 4. The number of rotatable bonds is 18.